The minimum absolute atomic E-state index is 0.325. The standard InChI is InChI=1S/C13H14ClN2P/c1-8(2)10-11(17)12(14)16-13(15-10)9-6-4-3-5-7-9/h3-8H,17H2,1-2H3. The Morgan fingerprint density at radius 2 is 1.76 bits per heavy atom. The maximum atomic E-state index is 6.14. The summed E-state index contributed by atoms with van der Waals surface area (Å²) in [5.41, 5.74) is 1.97. The number of rotatable bonds is 2. The van der Waals surface area contributed by atoms with E-state index in [1.165, 1.54) is 0 Å². The number of benzene rings is 1. The molecule has 4 heteroatoms. The molecule has 1 atom stereocenters. The number of hydrogen-bond donors (Lipinski definition) is 0. The third-order valence-electron chi connectivity index (χ3n) is 2.51. The fraction of sp³-hybridized carbons (Fsp3) is 0.231. The smallest absolute Gasteiger partial charge is 0.161 e. The quantitative estimate of drug-likeness (QED) is 0.614. The molecule has 1 heterocycles. The van der Waals surface area contributed by atoms with Crippen molar-refractivity contribution in [2.24, 2.45) is 0 Å². The number of hydrogen-bond acceptors (Lipinski definition) is 2. The van der Waals surface area contributed by atoms with Gasteiger partial charge in [-0.1, -0.05) is 55.8 Å². The van der Waals surface area contributed by atoms with E-state index in [1.54, 1.807) is 0 Å². The summed E-state index contributed by atoms with van der Waals surface area (Å²) in [6.45, 7) is 4.20. The van der Waals surface area contributed by atoms with Crippen LogP contribution in [0.1, 0.15) is 25.5 Å². The van der Waals surface area contributed by atoms with Gasteiger partial charge in [0.05, 0.1) is 5.69 Å². The molecule has 1 unspecified atom stereocenters. The number of nitrogens with zero attached hydrogens (tertiary/aromatic N) is 2. The van der Waals surface area contributed by atoms with Crippen LogP contribution in [-0.4, -0.2) is 9.97 Å². The fourth-order valence-corrected chi connectivity index (χ4v) is 2.25. The molecule has 0 bridgehead atoms. The molecule has 17 heavy (non-hydrogen) atoms. The largest absolute Gasteiger partial charge is 0.232 e. The Hall–Kier alpha value is -0.980. The van der Waals surface area contributed by atoms with Crippen LogP contribution in [0.2, 0.25) is 5.15 Å². The van der Waals surface area contributed by atoms with Gasteiger partial charge in [0.1, 0.15) is 5.15 Å². The van der Waals surface area contributed by atoms with Gasteiger partial charge in [0, 0.05) is 10.9 Å². The second-order valence-corrected chi connectivity index (χ2v) is 5.09. The molecule has 0 amide bonds. The molecule has 88 valence electrons. The van der Waals surface area contributed by atoms with Gasteiger partial charge in [-0.05, 0) is 5.92 Å². The van der Waals surface area contributed by atoms with E-state index in [1.807, 2.05) is 30.3 Å². The van der Waals surface area contributed by atoms with Crippen LogP contribution in [-0.2, 0) is 0 Å². The molecule has 0 aliphatic rings. The van der Waals surface area contributed by atoms with Crippen molar-refractivity contribution in [2.45, 2.75) is 19.8 Å². The lowest BCUT2D eigenvalue weighted by atomic mass is 10.1. The first kappa shape index (κ1) is 12.5. The summed E-state index contributed by atoms with van der Waals surface area (Å²) in [5, 5.41) is 1.40. The van der Waals surface area contributed by atoms with Crippen molar-refractivity contribution in [3.05, 3.63) is 41.2 Å². The molecule has 1 aromatic heterocycles. The molecule has 0 fully saturated rings. The maximum Gasteiger partial charge on any atom is 0.161 e. The first-order chi connectivity index (χ1) is 8.09. The summed E-state index contributed by atoms with van der Waals surface area (Å²) in [6, 6.07) is 9.88. The molecule has 2 aromatic rings. The molecule has 1 aromatic carbocycles. The molecule has 0 saturated heterocycles. The van der Waals surface area contributed by atoms with Crippen LogP contribution in [0.25, 0.3) is 11.4 Å². The molecule has 2 rings (SSSR count). The number of aromatic nitrogens is 2. The van der Waals surface area contributed by atoms with E-state index in [0.717, 1.165) is 16.6 Å². The second-order valence-electron chi connectivity index (χ2n) is 4.16. The Bertz CT molecular complexity index is 526. The molecule has 0 aliphatic heterocycles. The lowest BCUT2D eigenvalue weighted by molar-refractivity contribution is 0.826. The normalized spacial score (nSPS) is 10.9. The van der Waals surface area contributed by atoms with Crippen LogP contribution in [0.4, 0.5) is 0 Å². The van der Waals surface area contributed by atoms with Gasteiger partial charge >= 0.3 is 0 Å². The van der Waals surface area contributed by atoms with E-state index in [2.05, 4.69) is 33.1 Å². The van der Waals surface area contributed by atoms with Crippen molar-refractivity contribution in [2.75, 3.05) is 0 Å². The topological polar surface area (TPSA) is 25.8 Å². The van der Waals surface area contributed by atoms with Crippen LogP contribution in [0.5, 0.6) is 0 Å². The highest BCUT2D eigenvalue weighted by Crippen LogP contribution is 2.21. The van der Waals surface area contributed by atoms with E-state index >= 15 is 0 Å². The van der Waals surface area contributed by atoms with Gasteiger partial charge in [-0.15, -0.1) is 9.24 Å². The van der Waals surface area contributed by atoms with Gasteiger partial charge in [-0.3, -0.25) is 0 Å². The Kier molecular flexibility index (Phi) is 3.76. The predicted molar refractivity (Wildman–Crippen MR) is 75.9 cm³/mol. The molecule has 0 N–H and O–H groups in total. The Balaban J connectivity index is 2.57. The highest BCUT2D eigenvalue weighted by Gasteiger charge is 2.13. The third kappa shape index (κ3) is 2.65. The van der Waals surface area contributed by atoms with Crippen LogP contribution in [0.15, 0.2) is 30.3 Å². The fourth-order valence-electron chi connectivity index (χ4n) is 1.61. The van der Waals surface area contributed by atoms with Gasteiger partial charge in [0.15, 0.2) is 5.82 Å². The molecule has 0 radical (unpaired) electrons. The van der Waals surface area contributed by atoms with Crippen molar-refractivity contribution in [3.63, 3.8) is 0 Å². The van der Waals surface area contributed by atoms with E-state index in [9.17, 15) is 0 Å². The predicted octanol–water partition coefficient (Wildman–Crippen LogP) is 3.42. The van der Waals surface area contributed by atoms with E-state index in [-0.39, 0.29) is 0 Å². The van der Waals surface area contributed by atoms with Gasteiger partial charge in [-0.2, -0.15) is 0 Å². The highest BCUT2D eigenvalue weighted by molar-refractivity contribution is 7.28. The zero-order chi connectivity index (χ0) is 12.4. The van der Waals surface area contributed by atoms with E-state index in [0.29, 0.717) is 16.9 Å². The van der Waals surface area contributed by atoms with Crippen molar-refractivity contribution in [3.8, 4) is 11.4 Å². The Labute approximate surface area is 109 Å². The van der Waals surface area contributed by atoms with Crippen molar-refractivity contribution >= 4 is 26.1 Å². The van der Waals surface area contributed by atoms with Crippen molar-refractivity contribution < 1.29 is 0 Å². The molecule has 2 nitrogen and oxygen atoms in total. The molecular weight excluding hydrogens is 251 g/mol. The van der Waals surface area contributed by atoms with Gasteiger partial charge in [0.25, 0.3) is 0 Å². The summed E-state index contributed by atoms with van der Waals surface area (Å²) < 4.78 is 0. The first-order valence-electron chi connectivity index (χ1n) is 5.48. The summed E-state index contributed by atoms with van der Waals surface area (Å²) >= 11 is 6.14. The lowest BCUT2D eigenvalue weighted by Crippen LogP contribution is -2.11. The van der Waals surface area contributed by atoms with Crippen LogP contribution in [0.3, 0.4) is 0 Å². The van der Waals surface area contributed by atoms with Crippen LogP contribution in [0, 0.1) is 0 Å². The summed E-state index contributed by atoms with van der Waals surface area (Å²) in [4.78, 5) is 8.91. The van der Waals surface area contributed by atoms with E-state index < -0.39 is 0 Å². The van der Waals surface area contributed by atoms with Gasteiger partial charge < -0.3 is 0 Å². The minimum Gasteiger partial charge on any atom is -0.232 e. The molecule has 0 saturated carbocycles. The molecule has 0 aliphatic carbocycles. The van der Waals surface area contributed by atoms with Crippen LogP contribution >= 0.6 is 20.8 Å². The molecule has 0 spiro atoms. The van der Waals surface area contributed by atoms with Crippen molar-refractivity contribution in [1.82, 2.24) is 9.97 Å². The van der Waals surface area contributed by atoms with Gasteiger partial charge in [0.2, 0.25) is 0 Å². The maximum absolute atomic E-state index is 6.14. The SMILES string of the molecule is CC(C)c1nc(-c2ccccc2)nc(Cl)c1P. The van der Waals surface area contributed by atoms with Crippen LogP contribution < -0.4 is 5.30 Å². The summed E-state index contributed by atoms with van der Waals surface area (Å²) in [5.74, 6) is 1.01. The average molecular weight is 265 g/mol. The van der Waals surface area contributed by atoms with E-state index in [4.69, 9.17) is 11.6 Å². The Morgan fingerprint density at radius 1 is 1.12 bits per heavy atom. The third-order valence-corrected chi connectivity index (χ3v) is 3.55. The molecular formula is C13H14ClN2P. The van der Waals surface area contributed by atoms with Crippen molar-refractivity contribution in [1.29, 1.82) is 0 Å². The average Bonchev–Trinajstić information content (AvgIpc) is 2.33. The second kappa shape index (κ2) is 5.12. The minimum atomic E-state index is 0.325. The monoisotopic (exact) mass is 264 g/mol. The zero-order valence-corrected chi connectivity index (χ0v) is 11.7. The zero-order valence-electron chi connectivity index (χ0n) is 9.81. The summed E-state index contributed by atoms with van der Waals surface area (Å²) in [6.07, 6.45) is 0. The number of halogens is 1. The lowest BCUT2D eigenvalue weighted by Gasteiger charge is -2.11. The van der Waals surface area contributed by atoms with Gasteiger partial charge in [-0.25, -0.2) is 9.97 Å². The summed E-state index contributed by atoms with van der Waals surface area (Å²) in [7, 11) is 2.62. The highest BCUT2D eigenvalue weighted by atomic mass is 35.5. The first-order valence-corrected chi connectivity index (χ1v) is 6.43. The Morgan fingerprint density at radius 3 is 2.35 bits per heavy atom.